The van der Waals surface area contributed by atoms with Crippen LogP contribution in [0.25, 0.3) is 10.9 Å². The largest absolute Gasteiger partial charge is 0.268 e. The summed E-state index contributed by atoms with van der Waals surface area (Å²) in [5.41, 5.74) is 1.46. The lowest BCUT2D eigenvalue weighted by molar-refractivity contribution is 0.589. The molecule has 0 saturated carbocycles. The number of rotatable bonds is 2. The van der Waals surface area contributed by atoms with Gasteiger partial charge in [-0.3, -0.25) is 0 Å². The molecule has 0 unspecified atom stereocenters. The fourth-order valence-electron chi connectivity index (χ4n) is 2.17. The van der Waals surface area contributed by atoms with Crippen molar-refractivity contribution in [2.24, 2.45) is 0 Å². The van der Waals surface area contributed by atoms with Crippen LogP contribution in [0.2, 0.25) is 10.0 Å². The molecule has 0 amide bonds. The first kappa shape index (κ1) is 14.4. The molecule has 1 heterocycles. The van der Waals surface area contributed by atoms with Crippen molar-refractivity contribution in [2.75, 3.05) is 0 Å². The van der Waals surface area contributed by atoms with Gasteiger partial charge in [0.2, 0.25) is 0 Å². The molecule has 21 heavy (non-hydrogen) atoms. The summed E-state index contributed by atoms with van der Waals surface area (Å²) in [6.07, 6.45) is 1.49. The topological polar surface area (TPSA) is 39.1 Å². The van der Waals surface area contributed by atoms with Gasteiger partial charge in [-0.1, -0.05) is 40.9 Å². The molecule has 3 rings (SSSR count). The fraction of sp³-hybridized carbons (Fsp3) is 0.0667. The van der Waals surface area contributed by atoms with Crippen LogP contribution in [0.5, 0.6) is 0 Å². The number of hydrogen-bond donors (Lipinski definition) is 0. The molecule has 3 nitrogen and oxygen atoms in total. The van der Waals surface area contributed by atoms with Crippen LogP contribution in [0.3, 0.4) is 0 Å². The maximum atomic E-state index is 12.7. The quantitative estimate of drug-likeness (QED) is 0.689. The van der Waals surface area contributed by atoms with Crippen LogP contribution in [-0.2, 0) is 10.0 Å². The third-order valence-corrected chi connectivity index (χ3v) is 5.50. The Morgan fingerprint density at radius 2 is 1.67 bits per heavy atom. The molecule has 0 bridgehead atoms. The van der Waals surface area contributed by atoms with Crippen molar-refractivity contribution in [3.05, 3.63) is 64.3 Å². The second-order valence-corrected chi connectivity index (χ2v) is 7.41. The van der Waals surface area contributed by atoms with Gasteiger partial charge >= 0.3 is 0 Å². The Morgan fingerprint density at radius 1 is 1.00 bits per heavy atom. The Kier molecular flexibility index (Phi) is 3.48. The van der Waals surface area contributed by atoms with Gasteiger partial charge < -0.3 is 0 Å². The van der Waals surface area contributed by atoms with E-state index in [2.05, 4.69) is 0 Å². The number of aromatic nitrogens is 1. The summed E-state index contributed by atoms with van der Waals surface area (Å²) in [7, 11) is -3.67. The Labute approximate surface area is 132 Å². The molecule has 6 heteroatoms. The molecule has 0 radical (unpaired) electrons. The van der Waals surface area contributed by atoms with Crippen molar-refractivity contribution in [1.82, 2.24) is 3.97 Å². The molecule has 0 N–H and O–H groups in total. The molecule has 0 spiro atoms. The number of hydrogen-bond acceptors (Lipinski definition) is 2. The van der Waals surface area contributed by atoms with Gasteiger partial charge in [0.05, 0.1) is 15.4 Å². The predicted molar refractivity (Wildman–Crippen MR) is 85.7 cm³/mol. The zero-order valence-corrected chi connectivity index (χ0v) is 13.4. The fourth-order valence-corrected chi connectivity index (χ4v) is 4.06. The number of aryl methyl sites for hydroxylation is 1. The number of halogens is 2. The monoisotopic (exact) mass is 339 g/mol. The van der Waals surface area contributed by atoms with Gasteiger partial charge in [0, 0.05) is 16.6 Å². The molecule has 0 aliphatic carbocycles. The van der Waals surface area contributed by atoms with Gasteiger partial charge in [-0.25, -0.2) is 12.4 Å². The van der Waals surface area contributed by atoms with Crippen molar-refractivity contribution in [3.63, 3.8) is 0 Å². The molecule has 1 aromatic heterocycles. The summed E-state index contributed by atoms with van der Waals surface area (Å²) < 4.78 is 26.6. The second kappa shape index (κ2) is 5.05. The molecular formula is C15H11Cl2NO2S. The van der Waals surface area contributed by atoms with Crippen molar-refractivity contribution >= 4 is 44.1 Å². The highest BCUT2D eigenvalue weighted by Crippen LogP contribution is 2.30. The maximum absolute atomic E-state index is 12.7. The third kappa shape index (κ3) is 2.44. The smallest absolute Gasteiger partial charge is 0.241 e. The highest BCUT2D eigenvalue weighted by Gasteiger charge is 2.19. The summed E-state index contributed by atoms with van der Waals surface area (Å²) in [6, 6.07) is 11.5. The molecule has 108 valence electrons. The van der Waals surface area contributed by atoms with Gasteiger partial charge in [0.15, 0.2) is 0 Å². The van der Waals surface area contributed by atoms with Crippen LogP contribution in [0.4, 0.5) is 0 Å². The van der Waals surface area contributed by atoms with Gasteiger partial charge in [-0.05, 0) is 37.3 Å². The van der Waals surface area contributed by atoms with E-state index in [0.29, 0.717) is 20.9 Å². The zero-order valence-electron chi connectivity index (χ0n) is 11.0. The summed E-state index contributed by atoms with van der Waals surface area (Å²) in [5.74, 6) is 0. The van der Waals surface area contributed by atoms with Crippen LogP contribution in [0.15, 0.2) is 53.6 Å². The zero-order chi connectivity index (χ0) is 15.2. The highest BCUT2D eigenvalue weighted by molar-refractivity contribution is 7.90. The minimum atomic E-state index is -3.67. The van der Waals surface area contributed by atoms with E-state index in [-0.39, 0.29) is 4.90 Å². The summed E-state index contributed by atoms with van der Waals surface area (Å²) in [5, 5.41) is 1.47. The molecule has 2 aromatic carbocycles. The Morgan fingerprint density at radius 3 is 2.33 bits per heavy atom. The van der Waals surface area contributed by atoms with E-state index >= 15 is 0 Å². The minimum absolute atomic E-state index is 0.224. The maximum Gasteiger partial charge on any atom is 0.268 e. The van der Waals surface area contributed by atoms with Crippen molar-refractivity contribution in [3.8, 4) is 0 Å². The summed E-state index contributed by atoms with van der Waals surface area (Å²) in [6.45, 7) is 1.90. The first-order valence-electron chi connectivity index (χ1n) is 6.18. The normalized spacial score (nSPS) is 12.0. The second-order valence-electron chi connectivity index (χ2n) is 4.75. The SMILES string of the molecule is Cc1ccc(S(=O)(=O)n2ccc3c(Cl)cc(Cl)cc32)cc1. The minimum Gasteiger partial charge on any atom is -0.241 e. The standard InChI is InChI=1S/C15H11Cl2NO2S/c1-10-2-4-12(5-3-10)21(19,20)18-7-6-13-14(17)8-11(16)9-15(13)18/h2-9H,1H3. The van der Waals surface area contributed by atoms with E-state index in [4.69, 9.17) is 23.2 Å². The average Bonchev–Trinajstić information content (AvgIpc) is 2.83. The van der Waals surface area contributed by atoms with E-state index in [0.717, 1.165) is 5.56 Å². The average molecular weight is 340 g/mol. The van der Waals surface area contributed by atoms with Gasteiger partial charge in [-0.2, -0.15) is 0 Å². The lowest BCUT2D eigenvalue weighted by atomic mass is 10.2. The molecule has 0 aliphatic rings. The molecule has 3 aromatic rings. The highest BCUT2D eigenvalue weighted by atomic mass is 35.5. The molecular weight excluding hydrogens is 329 g/mol. The van der Waals surface area contributed by atoms with E-state index < -0.39 is 10.0 Å². The van der Waals surface area contributed by atoms with E-state index in [1.807, 2.05) is 6.92 Å². The Balaban J connectivity index is 2.27. The molecule has 0 saturated heterocycles. The van der Waals surface area contributed by atoms with Crippen molar-refractivity contribution < 1.29 is 8.42 Å². The molecule has 0 fully saturated rings. The van der Waals surface area contributed by atoms with Gasteiger partial charge in [-0.15, -0.1) is 0 Å². The van der Waals surface area contributed by atoms with E-state index in [1.54, 1.807) is 42.5 Å². The van der Waals surface area contributed by atoms with Gasteiger partial charge in [0.25, 0.3) is 10.0 Å². The van der Waals surface area contributed by atoms with Crippen LogP contribution in [0, 0.1) is 6.92 Å². The van der Waals surface area contributed by atoms with Crippen LogP contribution in [0.1, 0.15) is 5.56 Å². The Bertz CT molecular complexity index is 928. The lowest BCUT2D eigenvalue weighted by Gasteiger charge is -2.08. The number of fused-ring (bicyclic) bond motifs is 1. The summed E-state index contributed by atoms with van der Waals surface area (Å²) in [4.78, 5) is 0.224. The summed E-state index contributed by atoms with van der Waals surface area (Å²) >= 11 is 12.1. The van der Waals surface area contributed by atoms with Gasteiger partial charge in [0.1, 0.15) is 0 Å². The number of benzene rings is 2. The first-order valence-corrected chi connectivity index (χ1v) is 8.37. The third-order valence-electron chi connectivity index (χ3n) is 3.26. The van der Waals surface area contributed by atoms with Crippen LogP contribution >= 0.6 is 23.2 Å². The van der Waals surface area contributed by atoms with Crippen molar-refractivity contribution in [1.29, 1.82) is 0 Å². The van der Waals surface area contributed by atoms with E-state index in [1.165, 1.54) is 10.2 Å². The Hall–Kier alpha value is -1.49. The lowest BCUT2D eigenvalue weighted by Crippen LogP contribution is -2.11. The van der Waals surface area contributed by atoms with Crippen LogP contribution < -0.4 is 0 Å². The predicted octanol–water partition coefficient (Wildman–Crippen LogP) is 4.49. The molecule has 0 aliphatic heterocycles. The molecule has 0 atom stereocenters. The van der Waals surface area contributed by atoms with Crippen molar-refractivity contribution in [2.45, 2.75) is 11.8 Å². The first-order chi connectivity index (χ1) is 9.89. The van der Waals surface area contributed by atoms with E-state index in [9.17, 15) is 8.42 Å². The number of nitrogens with zero attached hydrogens (tertiary/aromatic N) is 1. The van der Waals surface area contributed by atoms with Crippen LogP contribution in [-0.4, -0.2) is 12.4 Å².